The van der Waals surface area contributed by atoms with Crippen LogP contribution in [0.15, 0.2) is 29.2 Å². The fourth-order valence-electron chi connectivity index (χ4n) is 3.23. The first kappa shape index (κ1) is 18.4. The summed E-state index contributed by atoms with van der Waals surface area (Å²) < 4.78 is 7.94. The van der Waals surface area contributed by atoms with Gasteiger partial charge in [-0.05, 0) is 55.8 Å². The van der Waals surface area contributed by atoms with E-state index < -0.39 is 0 Å². The minimum atomic E-state index is -0.343. The summed E-state index contributed by atoms with van der Waals surface area (Å²) in [6.45, 7) is 6.15. The quantitative estimate of drug-likeness (QED) is 0.625. The van der Waals surface area contributed by atoms with Crippen LogP contribution in [0.2, 0.25) is 0 Å². The van der Waals surface area contributed by atoms with Gasteiger partial charge >= 0.3 is 0 Å². The molecule has 1 aliphatic rings. The summed E-state index contributed by atoms with van der Waals surface area (Å²) >= 11 is 1.58. The number of ether oxygens (including phenoxy) is 1. The van der Waals surface area contributed by atoms with Crippen molar-refractivity contribution in [2.75, 3.05) is 6.61 Å². The van der Waals surface area contributed by atoms with E-state index in [2.05, 4.69) is 9.88 Å². The molecule has 0 saturated carbocycles. The first-order valence-corrected chi connectivity index (χ1v) is 9.67. The van der Waals surface area contributed by atoms with Gasteiger partial charge in [0, 0.05) is 29.4 Å². The average Bonchev–Trinajstić information content (AvgIpc) is 3.37. The van der Waals surface area contributed by atoms with Crippen LogP contribution in [0.5, 0.6) is 0 Å². The Balaban J connectivity index is 1.73. The molecular weight excluding hydrogens is 346 g/mol. The van der Waals surface area contributed by atoms with E-state index in [9.17, 15) is 10.1 Å². The number of nitriles is 1. The van der Waals surface area contributed by atoms with Gasteiger partial charge in [-0.1, -0.05) is 6.07 Å². The van der Waals surface area contributed by atoms with Crippen molar-refractivity contribution >= 4 is 23.3 Å². The average molecular weight is 369 g/mol. The molecule has 0 bridgehead atoms. The second-order valence-electron chi connectivity index (χ2n) is 6.50. The summed E-state index contributed by atoms with van der Waals surface area (Å²) in [4.78, 5) is 13.4. The van der Waals surface area contributed by atoms with Gasteiger partial charge in [0.05, 0.1) is 12.6 Å². The zero-order chi connectivity index (χ0) is 18.5. The molecule has 1 amide bonds. The molecule has 0 unspecified atom stereocenters. The number of thiophene rings is 1. The van der Waals surface area contributed by atoms with Crippen LogP contribution in [0.3, 0.4) is 0 Å². The maximum atomic E-state index is 12.3. The van der Waals surface area contributed by atoms with E-state index in [1.54, 1.807) is 17.4 Å². The van der Waals surface area contributed by atoms with E-state index in [4.69, 9.17) is 4.74 Å². The molecule has 3 heterocycles. The van der Waals surface area contributed by atoms with Crippen molar-refractivity contribution in [1.29, 1.82) is 5.26 Å². The van der Waals surface area contributed by atoms with Crippen LogP contribution < -0.4 is 5.32 Å². The highest BCUT2D eigenvalue weighted by molar-refractivity contribution is 7.09. The van der Waals surface area contributed by atoms with Gasteiger partial charge in [0.1, 0.15) is 11.6 Å². The van der Waals surface area contributed by atoms with E-state index in [1.165, 1.54) is 0 Å². The lowest BCUT2D eigenvalue weighted by Crippen LogP contribution is -2.23. The molecule has 1 saturated heterocycles. The summed E-state index contributed by atoms with van der Waals surface area (Å²) in [5.41, 5.74) is 3.19. The smallest absolute Gasteiger partial charge is 0.262 e. The van der Waals surface area contributed by atoms with E-state index in [1.807, 2.05) is 43.5 Å². The van der Waals surface area contributed by atoms with E-state index in [0.29, 0.717) is 6.54 Å². The van der Waals surface area contributed by atoms with Gasteiger partial charge in [-0.2, -0.15) is 5.26 Å². The van der Waals surface area contributed by atoms with Crippen molar-refractivity contribution in [2.24, 2.45) is 0 Å². The largest absolute Gasteiger partial charge is 0.376 e. The van der Waals surface area contributed by atoms with Crippen LogP contribution in [0.25, 0.3) is 6.08 Å². The van der Waals surface area contributed by atoms with Gasteiger partial charge in [-0.25, -0.2) is 0 Å². The lowest BCUT2D eigenvalue weighted by molar-refractivity contribution is -0.117. The van der Waals surface area contributed by atoms with Crippen LogP contribution in [-0.4, -0.2) is 23.2 Å². The third-order valence-corrected chi connectivity index (χ3v) is 5.57. The lowest BCUT2D eigenvalue weighted by atomic mass is 10.1. The predicted octanol–water partition coefficient (Wildman–Crippen LogP) is 3.57. The third-order valence-electron chi connectivity index (χ3n) is 4.69. The maximum absolute atomic E-state index is 12.3. The van der Waals surface area contributed by atoms with Gasteiger partial charge in [0.2, 0.25) is 0 Å². The Kier molecular flexibility index (Phi) is 5.92. The van der Waals surface area contributed by atoms with E-state index in [-0.39, 0.29) is 17.6 Å². The molecule has 26 heavy (non-hydrogen) atoms. The summed E-state index contributed by atoms with van der Waals surface area (Å²) in [6.07, 6.45) is 4.12. The van der Waals surface area contributed by atoms with Crippen molar-refractivity contribution in [1.82, 2.24) is 9.88 Å². The molecule has 1 aliphatic heterocycles. The number of carbonyl (C=O) groups excluding carboxylic acids is 1. The fraction of sp³-hybridized carbons (Fsp3) is 0.400. The molecule has 3 rings (SSSR count). The topological polar surface area (TPSA) is 67.0 Å². The highest BCUT2D eigenvalue weighted by Crippen LogP contribution is 2.22. The number of nitrogens with one attached hydrogen (secondary N) is 1. The predicted molar refractivity (Wildman–Crippen MR) is 103 cm³/mol. The maximum Gasteiger partial charge on any atom is 0.262 e. The van der Waals surface area contributed by atoms with Gasteiger partial charge in [-0.15, -0.1) is 11.3 Å². The summed E-state index contributed by atoms with van der Waals surface area (Å²) in [5.74, 6) is -0.343. The highest BCUT2D eigenvalue weighted by atomic mass is 32.1. The molecule has 136 valence electrons. The second kappa shape index (κ2) is 8.35. The van der Waals surface area contributed by atoms with Crippen LogP contribution >= 0.6 is 11.3 Å². The Labute approximate surface area is 157 Å². The number of rotatable bonds is 6. The minimum absolute atomic E-state index is 0.124. The summed E-state index contributed by atoms with van der Waals surface area (Å²) in [7, 11) is 0. The van der Waals surface area contributed by atoms with E-state index in [0.717, 1.165) is 47.8 Å². The molecule has 1 fully saturated rings. The first-order valence-electron chi connectivity index (χ1n) is 8.79. The fourth-order valence-corrected chi connectivity index (χ4v) is 3.87. The lowest BCUT2D eigenvalue weighted by Gasteiger charge is -2.14. The Hall–Kier alpha value is -2.36. The van der Waals surface area contributed by atoms with Gasteiger partial charge in [0.25, 0.3) is 5.91 Å². The molecular formula is C20H23N3O2S. The first-order chi connectivity index (χ1) is 12.6. The number of aromatic nitrogens is 1. The SMILES string of the molecule is Cc1cc(/C=C(\C#N)C(=O)NCc2cccs2)c(C)n1C[C@H]1CCCO1. The van der Waals surface area contributed by atoms with Crippen molar-refractivity contribution in [3.63, 3.8) is 0 Å². The number of aryl methyl sites for hydroxylation is 1. The molecule has 2 aromatic heterocycles. The number of hydrogen-bond acceptors (Lipinski definition) is 4. The van der Waals surface area contributed by atoms with Gasteiger partial charge in [0.15, 0.2) is 0 Å². The molecule has 0 aliphatic carbocycles. The Bertz CT molecular complexity index is 837. The normalized spacial score (nSPS) is 17.3. The molecule has 6 heteroatoms. The highest BCUT2D eigenvalue weighted by Gasteiger charge is 2.19. The molecule has 1 N–H and O–H groups in total. The standard InChI is InChI=1S/C20H23N3O2S/c1-14-9-16(15(2)23(14)13-18-5-3-7-25-18)10-17(11-21)20(24)22-12-19-6-4-8-26-19/h4,6,8-10,18H,3,5,7,12-13H2,1-2H3,(H,22,24)/b17-10+/t18-/m1/s1. The number of amides is 1. The molecule has 1 atom stereocenters. The molecule has 2 aromatic rings. The van der Waals surface area contributed by atoms with Crippen LogP contribution in [0.1, 0.15) is 34.7 Å². The molecule has 0 spiro atoms. The van der Waals surface area contributed by atoms with Gasteiger partial charge < -0.3 is 14.6 Å². The van der Waals surface area contributed by atoms with Gasteiger partial charge in [-0.3, -0.25) is 4.79 Å². The second-order valence-corrected chi connectivity index (χ2v) is 7.54. The zero-order valence-corrected chi connectivity index (χ0v) is 15.9. The minimum Gasteiger partial charge on any atom is -0.376 e. The zero-order valence-electron chi connectivity index (χ0n) is 15.1. The number of carbonyl (C=O) groups is 1. The molecule has 0 aromatic carbocycles. The van der Waals surface area contributed by atoms with Crippen molar-refractivity contribution in [2.45, 2.75) is 45.9 Å². The Morgan fingerprint density at radius 2 is 2.38 bits per heavy atom. The van der Waals surface area contributed by atoms with Crippen LogP contribution in [0.4, 0.5) is 0 Å². The third kappa shape index (κ3) is 4.24. The summed E-state index contributed by atoms with van der Waals surface area (Å²) in [6, 6.07) is 7.95. The molecule has 5 nitrogen and oxygen atoms in total. The summed E-state index contributed by atoms with van der Waals surface area (Å²) in [5, 5.41) is 14.2. The number of nitrogens with zero attached hydrogens (tertiary/aromatic N) is 2. The van der Waals surface area contributed by atoms with Crippen molar-refractivity contribution in [3.05, 3.63) is 51.0 Å². The van der Waals surface area contributed by atoms with Crippen molar-refractivity contribution < 1.29 is 9.53 Å². The van der Waals surface area contributed by atoms with Crippen LogP contribution in [-0.2, 0) is 22.6 Å². The number of hydrogen-bond donors (Lipinski definition) is 1. The Morgan fingerprint density at radius 1 is 1.54 bits per heavy atom. The van der Waals surface area contributed by atoms with E-state index >= 15 is 0 Å². The van der Waals surface area contributed by atoms with Crippen molar-refractivity contribution in [3.8, 4) is 6.07 Å². The monoisotopic (exact) mass is 369 g/mol. The van der Waals surface area contributed by atoms with Crippen LogP contribution in [0, 0.1) is 25.2 Å². The Morgan fingerprint density at radius 3 is 3.04 bits per heavy atom. The molecule has 0 radical (unpaired) electrons.